The summed E-state index contributed by atoms with van der Waals surface area (Å²) in [6.45, 7) is -0.0401. The zero-order chi connectivity index (χ0) is 15.9. The van der Waals surface area contributed by atoms with E-state index in [4.69, 9.17) is 15.6 Å². The van der Waals surface area contributed by atoms with E-state index in [1.807, 2.05) is 0 Å². The zero-order valence-corrected chi connectivity index (χ0v) is 14.5. The normalized spacial score (nSPS) is 13.0. The fourth-order valence-electron chi connectivity index (χ4n) is 1.56. The Hall–Kier alpha value is -0.747. The van der Waals surface area contributed by atoms with Gasteiger partial charge in [-0.05, 0) is 0 Å². The standard InChI is InChI=1S/C14H20AtNO5/c15-6-14(7-17,8-18)9-21-11-3-1-10(2-4-11)5-12(16)13(19)20/h1-4,12,17-18H,5-9,16H2,(H,19,20)/t12-/m0/s1/i15+1. The molecular formula is C14H20AtNO5. The first-order chi connectivity index (χ1) is 9.96. The first kappa shape index (κ1) is 18.3. The van der Waals surface area contributed by atoms with Gasteiger partial charge in [-0.15, -0.1) is 0 Å². The monoisotopic (exact) mass is 493 g/mol. The number of ether oxygens (including phenoxy) is 1. The predicted octanol–water partition coefficient (Wildman–Crippen LogP) is -0.0416. The van der Waals surface area contributed by atoms with Crippen LogP contribution in [0.4, 0.5) is 0 Å². The van der Waals surface area contributed by atoms with Gasteiger partial charge in [-0.25, -0.2) is 0 Å². The van der Waals surface area contributed by atoms with E-state index in [0.717, 1.165) is 5.56 Å². The number of aliphatic carboxylic acids is 1. The van der Waals surface area contributed by atoms with E-state index in [2.05, 4.69) is 0 Å². The Morgan fingerprint density at radius 2 is 1.86 bits per heavy atom. The van der Waals surface area contributed by atoms with Gasteiger partial charge >= 0.3 is 139 Å². The van der Waals surface area contributed by atoms with Crippen molar-refractivity contribution in [1.29, 1.82) is 0 Å². The van der Waals surface area contributed by atoms with Crippen molar-refractivity contribution in [1.82, 2.24) is 0 Å². The van der Waals surface area contributed by atoms with Gasteiger partial charge in [-0.1, -0.05) is 0 Å². The number of aliphatic hydroxyl groups excluding tert-OH is 2. The van der Waals surface area contributed by atoms with Gasteiger partial charge in [0.2, 0.25) is 0 Å². The molecule has 1 rings (SSSR count). The van der Waals surface area contributed by atoms with Crippen LogP contribution < -0.4 is 10.5 Å². The van der Waals surface area contributed by atoms with Crippen LogP contribution in [0.15, 0.2) is 24.3 Å². The summed E-state index contributed by atoms with van der Waals surface area (Å²) in [5.41, 5.74) is 5.66. The summed E-state index contributed by atoms with van der Waals surface area (Å²) >= 11 is 1.48. The zero-order valence-electron chi connectivity index (χ0n) is 11.5. The van der Waals surface area contributed by atoms with Crippen molar-refractivity contribution in [3.05, 3.63) is 29.8 Å². The first-order valence-corrected chi connectivity index (χ1v) is 8.52. The van der Waals surface area contributed by atoms with Crippen LogP contribution in [0.3, 0.4) is 0 Å². The van der Waals surface area contributed by atoms with E-state index in [-0.39, 0.29) is 26.2 Å². The molecule has 0 saturated heterocycles. The van der Waals surface area contributed by atoms with E-state index in [1.54, 1.807) is 24.3 Å². The molecule has 0 saturated carbocycles. The van der Waals surface area contributed by atoms with Gasteiger partial charge in [0.1, 0.15) is 0 Å². The molecule has 0 fully saturated rings. The summed E-state index contributed by atoms with van der Waals surface area (Å²) < 4.78 is 6.25. The molecular weight excluding hydrogens is 473 g/mol. The third-order valence-electron chi connectivity index (χ3n) is 3.20. The van der Waals surface area contributed by atoms with Crippen LogP contribution in [0, 0.1) is 30.1 Å². The van der Waals surface area contributed by atoms with Gasteiger partial charge in [-0.2, -0.15) is 0 Å². The molecule has 118 valence electrons. The van der Waals surface area contributed by atoms with Gasteiger partial charge in [0, 0.05) is 0 Å². The molecule has 21 heavy (non-hydrogen) atoms. The van der Waals surface area contributed by atoms with E-state index >= 15 is 0 Å². The first-order valence-electron chi connectivity index (χ1n) is 6.44. The maximum absolute atomic E-state index is 10.7. The minimum absolute atomic E-state index is 0.133. The number of carbonyl (C=O) groups is 1. The van der Waals surface area contributed by atoms with E-state index in [9.17, 15) is 15.0 Å². The number of hydrogen-bond acceptors (Lipinski definition) is 5. The fourth-order valence-corrected chi connectivity index (χ4v) is 2.52. The van der Waals surface area contributed by atoms with Gasteiger partial charge < -0.3 is 0 Å². The number of nitrogens with two attached hydrogens (primary N) is 1. The summed E-state index contributed by atoms with van der Waals surface area (Å²) in [6, 6.07) is 6.04. The number of aliphatic hydroxyl groups is 2. The van der Waals surface area contributed by atoms with Crippen LogP contribution in [0.2, 0.25) is 4.13 Å². The van der Waals surface area contributed by atoms with Crippen molar-refractivity contribution >= 4 is 5.97 Å². The summed E-state index contributed by atoms with van der Waals surface area (Å²) in [5.74, 6) is -0.426. The van der Waals surface area contributed by atoms with Crippen LogP contribution in [-0.2, 0) is 11.2 Å². The fraction of sp³-hybridized carbons (Fsp3) is 0.500. The van der Waals surface area contributed by atoms with Crippen LogP contribution in [0.5, 0.6) is 5.75 Å². The molecule has 1 atom stereocenters. The third-order valence-corrected chi connectivity index (χ3v) is 5.40. The Labute approximate surface area is 138 Å². The van der Waals surface area contributed by atoms with Crippen molar-refractivity contribution in [3.63, 3.8) is 0 Å². The molecule has 0 unspecified atom stereocenters. The molecule has 0 aliphatic carbocycles. The number of benzene rings is 1. The van der Waals surface area contributed by atoms with Gasteiger partial charge in [0.05, 0.1) is 0 Å². The quantitative estimate of drug-likeness (QED) is 0.384. The van der Waals surface area contributed by atoms with Crippen LogP contribution >= 0.6 is 0 Å². The van der Waals surface area contributed by atoms with Crippen LogP contribution in [0.1, 0.15) is 5.56 Å². The van der Waals surface area contributed by atoms with Crippen molar-refractivity contribution < 1.29 is 49.6 Å². The number of rotatable bonds is 9. The number of hydrogen-bond donors (Lipinski definition) is 4. The molecule has 0 aliphatic rings. The van der Waals surface area contributed by atoms with Crippen LogP contribution in [-0.4, -0.2) is 47.2 Å². The van der Waals surface area contributed by atoms with Crippen molar-refractivity contribution in [2.45, 2.75) is 16.6 Å². The molecule has 0 aliphatic heterocycles. The second kappa shape index (κ2) is 8.64. The van der Waals surface area contributed by atoms with E-state index in [0.29, 0.717) is 9.88 Å². The Morgan fingerprint density at radius 1 is 1.29 bits per heavy atom. The van der Waals surface area contributed by atoms with Crippen molar-refractivity contribution in [2.75, 3.05) is 19.8 Å². The summed E-state index contributed by atoms with van der Waals surface area (Å²) in [5, 5.41) is 27.5. The summed E-state index contributed by atoms with van der Waals surface area (Å²) in [4.78, 5) is 10.7. The predicted molar refractivity (Wildman–Crippen MR) is 72.7 cm³/mol. The van der Waals surface area contributed by atoms with Crippen molar-refractivity contribution in [2.24, 2.45) is 11.1 Å². The molecule has 0 radical (unpaired) electrons. The number of carboxylic acid groups (broad SMARTS) is 1. The minimum atomic E-state index is -1.03. The Balaban J connectivity index is 2.60. The Morgan fingerprint density at radius 3 is 2.29 bits per heavy atom. The molecule has 0 aromatic heterocycles. The Kier molecular flexibility index (Phi) is 7.53. The average Bonchev–Trinajstić information content (AvgIpc) is 2.50. The van der Waals surface area contributed by atoms with Crippen molar-refractivity contribution in [3.8, 4) is 5.75 Å². The van der Waals surface area contributed by atoms with Gasteiger partial charge in [-0.3, -0.25) is 0 Å². The van der Waals surface area contributed by atoms with Gasteiger partial charge in [0.15, 0.2) is 0 Å². The Bertz CT molecular complexity index is 439. The van der Waals surface area contributed by atoms with Gasteiger partial charge in [0.25, 0.3) is 0 Å². The molecule has 0 bridgehead atoms. The SMILES string of the molecule is N[C@@H](Cc1ccc(OCC(CO)(CO)C[211At])cc1)C(=O)O. The van der Waals surface area contributed by atoms with E-state index < -0.39 is 17.4 Å². The second-order valence-corrected chi connectivity index (χ2v) is 6.07. The maximum atomic E-state index is 10.7. The topological polar surface area (TPSA) is 113 Å². The molecule has 0 spiro atoms. The molecule has 1 aromatic rings. The third kappa shape index (κ3) is 5.51. The second-order valence-electron chi connectivity index (χ2n) is 5.03. The molecule has 0 heterocycles. The van der Waals surface area contributed by atoms with E-state index in [1.165, 1.54) is 24.7 Å². The molecule has 6 nitrogen and oxygen atoms in total. The number of carboxylic acids is 1. The average molecular weight is 493 g/mol. The molecule has 5 N–H and O–H groups in total. The van der Waals surface area contributed by atoms with Crippen LogP contribution in [0.25, 0.3) is 0 Å². The molecule has 0 amide bonds. The summed E-state index contributed by atoms with van der Waals surface area (Å²) in [6.07, 6.45) is 0.254. The molecule has 7 heteroatoms. The summed E-state index contributed by atoms with van der Waals surface area (Å²) in [7, 11) is 0. The molecule has 1 aromatic carbocycles.